The summed E-state index contributed by atoms with van der Waals surface area (Å²) in [6.45, 7) is 2.06. The number of hydrogen-bond acceptors (Lipinski definition) is 6. The lowest BCUT2D eigenvalue weighted by Crippen LogP contribution is -2.29. The molecule has 1 aromatic carbocycles. The first-order valence-corrected chi connectivity index (χ1v) is 7.85. The second-order valence-electron chi connectivity index (χ2n) is 4.32. The Labute approximate surface area is 130 Å². The third-order valence-corrected chi connectivity index (χ3v) is 4.77. The quantitative estimate of drug-likeness (QED) is 0.614. The average molecular weight is 357 g/mol. The third kappa shape index (κ3) is 3.35. The second kappa shape index (κ2) is 7.12. The molecular formula is C13H17BrN4OS. The number of rotatable bonds is 6. The fourth-order valence-corrected chi connectivity index (χ4v) is 3.21. The zero-order chi connectivity index (χ0) is 14.5. The first-order chi connectivity index (χ1) is 9.69. The number of aryl methyl sites for hydroxylation is 1. The lowest BCUT2D eigenvalue weighted by Gasteiger charge is -2.16. The predicted octanol–water partition coefficient (Wildman–Crippen LogP) is 2.62. The second-order valence-corrected chi connectivity index (χ2v) is 5.96. The highest BCUT2D eigenvalue weighted by Gasteiger charge is 2.19. The molecule has 2 aromatic rings. The number of nitrogens with zero attached hydrogens (tertiary/aromatic N) is 2. The molecule has 108 valence electrons. The van der Waals surface area contributed by atoms with Crippen LogP contribution in [-0.2, 0) is 12.8 Å². The molecule has 7 heteroatoms. The van der Waals surface area contributed by atoms with E-state index in [2.05, 4.69) is 37.9 Å². The Morgan fingerprint density at radius 2 is 2.30 bits per heavy atom. The average Bonchev–Trinajstić information content (AvgIpc) is 2.94. The standard InChI is InChI=1S/C13H17BrN4OS/c1-3-11-13(20-18-17-11)12(16-15)7-8-6-9(19-2)4-5-10(8)14/h4-6,12,16H,3,7,15H2,1-2H3. The van der Waals surface area contributed by atoms with E-state index in [9.17, 15) is 0 Å². The topological polar surface area (TPSA) is 73.1 Å². The number of nitrogens with two attached hydrogens (primary N) is 1. The van der Waals surface area contributed by atoms with Gasteiger partial charge in [0.25, 0.3) is 0 Å². The van der Waals surface area contributed by atoms with Gasteiger partial charge in [0.05, 0.1) is 23.7 Å². The summed E-state index contributed by atoms with van der Waals surface area (Å²) in [6.07, 6.45) is 1.59. The predicted molar refractivity (Wildman–Crippen MR) is 83.7 cm³/mol. The zero-order valence-electron chi connectivity index (χ0n) is 11.4. The Balaban J connectivity index is 2.26. The van der Waals surface area contributed by atoms with Crippen LogP contribution in [0.2, 0.25) is 0 Å². The van der Waals surface area contributed by atoms with Crippen molar-refractivity contribution in [2.75, 3.05) is 7.11 Å². The summed E-state index contributed by atoms with van der Waals surface area (Å²) in [5.74, 6) is 6.54. The van der Waals surface area contributed by atoms with Crippen LogP contribution in [0.3, 0.4) is 0 Å². The molecule has 0 bridgehead atoms. The van der Waals surface area contributed by atoms with Gasteiger partial charge in [0, 0.05) is 4.47 Å². The lowest BCUT2D eigenvalue weighted by molar-refractivity contribution is 0.413. The fraction of sp³-hybridized carbons (Fsp3) is 0.385. The monoisotopic (exact) mass is 356 g/mol. The van der Waals surface area contributed by atoms with Gasteiger partial charge in [-0.05, 0) is 48.1 Å². The van der Waals surface area contributed by atoms with Crippen molar-refractivity contribution in [3.8, 4) is 5.75 Å². The molecule has 0 amide bonds. The summed E-state index contributed by atoms with van der Waals surface area (Å²) in [7, 11) is 1.66. The van der Waals surface area contributed by atoms with E-state index in [-0.39, 0.29) is 6.04 Å². The fourth-order valence-electron chi connectivity index (χ4n) is 2.01. The van der Waals surface area contributed by atoms with Crippen LogP contribution in [0.4, 0.5) is 0 Å². The molecule has 2 rings (SSSR count). The van der Waals surface area contributed by atoms with Crippen LogP contribution in [0, 0.1) is 0 Å². The third-order valence-electron chi connectivity index (χ3n) is 3.11. The Morgan fingerprint density at radius 3 is 2.95 bits per heavy atom. The van der Waals surface area contributed by atoms with Gasteiger partial charge in [-0.15, -0.1) is 5.10 Å². The molecule has 0 spiro atoms. The minimum atomic E-state index is -0.00615. The maximum Gasteiger partial charge on any atom is 0.119 e. The van der Waals surface area contributed by atoms with Crippen molar-refractivity contribution in [3.05, 3.63) is 38.8 Å². The number of methoxy groups -OCH3 is 1. The molecule has 0 radical (unpaired) electrons. The van der Waals surface area contributed by atoms with Gasteiger partial charge < -0.3 is 4.74 Å². The van der Waals surface area contributed by atoms with Gasteiger partial charge in [0.1, 0.15) is 5.75 Å². The molecule has 0 aliphatic carbocycles. The Hall–Kier alpha value is -1.02. The van der Waals surface area contributed by atoms with Gasteiger partial charge in [-0.1, -0.05) is 27.3 Å². The van der Waals surface area contributed by atoms with Gasteiger partial charge in [-0.2, -0.15) is 0 Å². The Kier molecular flexibility index (Phi) is 5.47. The highest BCUT2D eigenvalue weighted by molar-refractivity contribution is 9.10. The summed E-state index contributed by atoms with van der Waals surface area (Å²) in [4.78, 5) is 1.09. The number of hydrazine groups is 1. The van der Waals surface area contributed by atoms with E-state index < -0.39 is 0 Å². The highest BCUT2D eigenvalue weighted by atomic mass is 79.9. The van der Waals surface area contributed by atoms with Gasteiger partial charge in [-0.25, -0.2) is 0 Å². The van der Waals surface area contributed by atoms with Crippen molar-refractivity contribution in [2.24, 2.45) is 5.84 Å². The van der Waals surface area contributed by atoms with Crippen LogP contribution in [0.15, 0.2) is 22.7 Å². The molecule has 1 heterocycles. The van der Waals surface area contributed by atoms with Crippen LogP contribution in [-0.4, -0.2) is 16.7 Å². The summed E-state index contributed by atoms with van der Waals surface area (Å²) in [6, 6.07) is 5.90. The van der Waals surface area contributed by atoms with E-state index in [4.69, 9.17) is 10.6 Å². The van der Waals surface area contributed by atoms with E-state index in [1.807, 2.05) is 18.2 Å². The van der Waals surface area contributed by atoms with Gasteiger partial charge in [0.2, 0.25) is 0 Å². The van der Waals surface area contributed by atoms with Crippen molar-refractivity contribution >= 4 is 27.5 Å². The van der Waals surface area contributed by atoms with Crippen LogP contribution < -0.4 is 16.0 Å². The number of aromatic nitrogens is 2. The van der Waals surface area contributed by atoms with Crippen molar-refractivity contribution < 1.29 is 4.74 Å². The number of hydrogen-bond donors (Lipinski definition) is 2. The summed E-state index contributed by atoms with van der Waals surface area (Å²) in [5, 5.41) is 4.14. The van der Waals surface area contributed by atoms with E-state index in [0.717, 1.165) is 39.2 Å². The van der Waals surface area contributed by atoms with Crippen molar-refractivity contribution in [1.82, 2.24) is 15.0 Å². The minimum absolute atomic E-state index is 0.00615. The molecule has 20 heavy (non-hydrogen) atoms. The van der Waals surface area contributed by atoms with Gasteiger partial charge in [-0.3, -0.25) is 11.3 Å². The summed E-state index contributed by atoms with van der Waals surface area (Å²) < 4.78 is 10.3. The van der Waals surface area contributed by atoms with E-state index >= 15 is 0 Å². The summed E-state index contributed by atoms with van der Waals surface area (Å²) >= 11 is 4.96. The molecule has 1 unspecified atom stereocenters. The number of benzene rings is 1. The molecule has 0 fully saturated rings. The van der Waals surface area contributed by atoms with Crippen molar-refractivity contribution in [2.45, 2.75) is 25.8 Å². The van der Waals surface area contributed by atoms with Crippen LogP contribution in [0.5, 0.6) is 5.75 Å². The normalized spacial score (nSPS) is 12.4. The van der Waals surface area contributed by atoms with E-state index in [1.165, 1.54) is 11.5 Å². The smallest absolute Gasteiger partial charge is 0.119 e. The molecule has 5 nitrogen and oxygen atoms in total. The zero-order valence-corrected chi connectivity index (χ0v) is 13.8. The van der Waals surface area contributed by atoms with Crippen LogP contribution in [0.1, 0.15) is 29.1 Å². The molecule has 0 aliphatic rings. The first-order valence-electron chi connectivity index (χ1n) is 6.29. The van der Waals surface area contributed by atoms with E-state index in [1.54, 1.807) is 7.11 Å². The maximum absolute atomic E-state index is 5.71. The molecule has 1 aromatic heterocycles. The minimum Gasteiger partial charge on any atom is -0.497 e. The van der Waals surface area contributed by atoms with E-state index in [0.29, 0.717) is 0 Å². The van der Waals surface area contributed by atoms with Crippen LogP contribution in [0.25, 0.3) is 0 Å². The number of nitrogens with one attached hydrogen (secondary N) is 1. The van der Waals surface area contributed by atoms with Crippen molar-refractivity contribution in [3.63, 3.8) is 0 Å². The molecule has 3 N–H and O–H groups in total. The molecule has 0 aliphatic heterocycles. The Bertz CT molecular complexity index is 575. The van der Waals surface area contributed by atoms with Crippen molar-refractivity contribution in [1.29, 1.82) is 0 Å². The summed E-state index contributed by atoms with van der Waals surface area (Å²) in [5.41, 5.74) is 4.99. The van der Waals surface area contributed by atoms with Crippen LogP contribution >= 0.6 is 27.5 Å². The highest BCUT2D eigenvalue weighted by Crippen LogP contribution is 2.29. The first kappa shape index (κ1) is 15.4. The van der Waals surface area contributed by atoms with Gasteiger partial charge in [0.15, 0.2) is 0 Å². The number of halogens is 1. The maximum atomic E-state index is 5.71. The molecule has 1 atom stereocenters. The molecule has 0 saturated carbocycles. The molecular weight excluding hydrogens is 340 g/mol. The number of ether oxygens (including phenoxy) is 1. The Morgan fingerprint density at radius 1 is 1.50 bits per heavy atom. The largest absolute Gasteiger partial charge is 0.497 e. The SMILES string of the molecule is CCc1nnsc1C(Cc1cc(OC)ccc1Br)NN. The molecule has 0 saturated heterocycles. The van der Waals surface area contributed by atoms with Gasteiger partial charge >= 0.3 is 0 Å². The lowest BCUT2D eigenvalue weighted by atomic mass is 10.0.